The maximum atomic E-state index is 13.1. The first-order chi connectivity index (χ1) is 7.75. The van der Waals surface area contributed by atoms with Crippen molar-refractivity contribution in [3.8, 4) is 0 Å². The summed E-state index contributed by atoms with van der Waals surface area (Å²) in [7, 11) is 0. The first-order valence-corrected chi connectivity index (χ1v) is 5.25. The Hall–Kier alpha value is -1.49. The van der Waals surface area contributed by atoms with Crippen LogP contribution in [0.1, 0.15) is 29.6 Å². The topological polar surface area (TPSA) is 62.2 Å². The van der Waals surface area contributed by atoms with Crippen molar-refractivity contribution in [2.24, 2.45) is 0 Å². The second kappa shape index (κ2) is 6.90. The van der Waals surface area contributed by atoms with E-state index in [4.69, 9.17) is 5.11 Å². The second-order valence-corrected chi connectivity index (χ2v) is 3.38. The number of carbonyl (C=O) groups excluding carboxylic acids is 1. The van der Waals surface area contributed by atoms with Gasteiger partial charge in [0, 0.05) is 19.3 Å². The van der Waals surface area contributed by atoms with Crippen molar-refractivity contribution in [3.05, 3.63) is 29.8 Å². The average molecular weight is 226 g/mol. The molecule has 1 amide bonds. The van der Waals surface area contributed by atoms with Crippen LogP contribution in [0.4, 0.5) is 4.39 Å². The molecule has 0 saturated carbocycles. The maximum Gasteiger partial charge on any atom is 0.255 e. The number of nitrogens with zero attached hydrogens (tertiary/aromatic N) is 1. The fourth-order valence-corrected chi connectivity index (χ4v) is 1.27. The van der Waals surface area contributed by atoms with Gasteiger partial charge in [-0.25, -0.2) is 4.98 Å². The van der Waals surface area contributed by atoms with Gasteiger partial charge in [-0.2, -0.15) is 4.39 Å². The number of hydrogen-bond acceptors (Lipinski definition) is 3. The van der Waals surface area contributed by atoms with Crippen LogP contribution in [-0.2, 0) is 0 Å². The number of unbranched alkanes of at least 4 members (excludes halogenated alkanes) is 2. The normalized spacial score (nSPS) is 10.1. The van der Waals surface area contributed by atoms with E-state index < -0.39 is 11.9 Å². The zero-order valence-electron chi connectivity index (χ0n) is 8.95. The highest BCUT2D eigenvalue weighted by Gasteiger charge is 2.10. The van der Waals surface area contributed by atoms with Crippen molar-refractivity contribution >= 4 is 5.91 Å². The molecule has 1 heterocycles. The molecule has 0 unspecified atom stereocenters. The van der Waals surface area contributed by atoms with Gasteiger partial charge in [-0.3, -0.25) is 4.79 Å². The van der Waals surface area contributed by atoms with Gasteiger partial charge < -0.3 is 10.4 Å². The van der Waals surface area contributed by atoms with Crippen molar-refractivity contribution in [1.82, 2.24) is 10.3 Å². The first kappa shape index (κ1) is 12.6. The van der Waals surface area contributed by atoms with E-state index in [1.807, 2.05) is 0 Å². The van der Waals surface area contributed by atoms with Crippen LogP contribution in [0.25, 0.3) is 0 Å². The molecule has 1 rings (SSSR count). The molecule has 0 saturated heterocycles. The molecule has 0 spiro atoms. The molecule has 0 aromatic carbocycles. The number of pyridine rings is 1. The number of aliphatic hydroxyl groups excluding tert-OH is 1. The minimum atomic E-state index is -0.754. The molecule has 4 nitrogen and oxygen atoms in total. The van der Waals surface area contributed by atoms with E-state index in [9.17, 15) is 9.18 Å². The summed E-state index contributed by atoms with van der Waals surface area (Å²) in [4.78, 5) is 14.9. The van der Waals surface area contributed by atoms with Crippen LogP contribution in [0, 0.1) is 5.95 Å². The molecule has 16 heavy (non-hydrogen) atoms. The van der Waals surface area contributed by atoms with Crippen LogP contribution in [0.3, 0.4) is 0 Å². The van der Waals surface area contributed by atoms with Crippen molar-refractivity contribution in [2.75, 3.05) is 13.2 Å². The van der Waals surface area contributed by atoms with Crippen LogP contribution >= 0.6 is 0 Å². The van der Waals surface area contributed by atoms with Gasteiger partial charge in [0.2, 0.25) is 5.95 Å². The Morgan fingerprint density at radius 3 is 2.94 bits per heavy atom. The summed E-state index contributed by atoms with van der Waals surface area (Å²) in [6.07, 6.45) is 3.63. The molecular formula is C11H15FN2O2. The number of hydrogen-bond donors (Lipinski definition) is 2. The van der Waals surface area contributed by atoms with Crippen molar-refractivity contribution in [2.45, 2.75) is 19.3 Å². The quantitative estimate of drug-likeness (QED) is 0.564. The van der Waals surface area contributed by atoms with Crippen LogP contribution in [0.15, 0.2) is 18.3 Å². The Labute approximate surface area is 93.5 Å². The number of halogens is 1. The fraction of sp³-hybridized carbons (Fsp3) is 0.455. The number of nitrogens with one attached hydrogen (secondary N) is 1. The van der Waals surface area contributed by atoms with Gasteiger partial charge in [-0.1, -0.05) is 0 Å². The fourth-order valence-electron chi connectivity index (χ4n) is 1.27. The summed E-state index contributed by atoms with van der Waals surface area (Å²) < 4.78 is 13.1. The van der Waals surface area contributed by atoms with Crippen LogP contribution in [-0.4, -0.2) is 29.1 Å². The highest BCUT2D eigenvalue weighted by Crippen LogP contribution is 2.02. The molecule has 0 fully saturated rings. The predicted octanol–water partition coefficient (Wildman–Crippen LogP) is 1.11. The lowest BCUT2D eigenvalue weighted by molar-refractivity contribution is 0.0948. The summed E-state index contributed by atoms with van der Waals surface area (Å²) in [6, 6.07) is 2.91. The molecule has 0 aliphatic heterocycles. The Balaban J connectivity index is 2.33. The predicted molar refractivity (Wildman–Crippen MR) is 57.5 cm³/mol. The standard InChI is InChI=1S/C11H15FN2O2/c12-10-9(5-4-7-13-10)11(16)14-6-2-1-3-8-15/h4-5,7,15H,1-3,6,8H2,(H,14,16). The SMILES string of the molecule is O=C(NCCCCCO)c1cccnc1F. The summed E-state index contributed by atoms with van der Waals surface area (Å²) in [5, 5.41) is 11.1. The molecule has 1 aromatic rings. The van der Waals surface area contributed by atoms with E-state index >= 15 is 0 Å². The molecule has 0 aliphatic rings. The Morgan fingerprint density at radius 2 is 2.25 bits per heavy atom. The van der Waals surface area contributed by atoms with Crippen molar-refractivity contribution in [3.63, 3.8) is 0 Å². The van der Waals surface area contributed by atoms with Gasteiger partial charge in [-0.15, -0.1) is 0 Å². The minimum absolute atomic E-state index is 0.0374. The minimum Gasteiger partial charge on any atom is -0.396 e. The molecule has 88 valence electrons. The van der Waals surface area contributed by atoms with Crippen LogP contribution in [0.2, 0.25) is 0 Å². The van der Waals surface area contributed by atoms with Crippen molar-refractivity contribution in [1.29, 1.82) is 0 Å². The third-order valence-corrected chi connectivity index (χ3v) is 2.12. The largest absolute Gasteiger partial charge is 0.396 e. The van der Waals surface area contributed by atoms with E-state index in [-0.39, 0.29) is 12.2 Å². The third-order valence-electron chi connectivity index (χ3n) is 2.12. The van der Waals surface area contributed by atoms with Crippen LogP contribution in [0.5, 0.6) is 0 Å². The van der Waals surface area contributed by atoms with E-state index in [0.717, 1.165) is 19.3 Å². The lowest BCUT2D eigenvalue weighted by Crippen LogP contribution is -2.25. The molecule has 0 atom stereocenters. The lowest BCUT2D eigenvalue weighted by atomic mass is 10.2. The summed E-state index contributed by atoms with van der Waals surface area (Å²) >= 11 is 0. The molecule has 0 aliphatic carbocycles. The number of rotatable bonds is 6. The molecule has 1 aromatic heterocycles. The molecular weight excluding hydrogens is 211 g/mol. The van der Waals surface area contributed by atoms with Gasteiger partial charge in [0.05, 0.1) is 5.56 Å². The zero-order chi connectivity index (χ0) is 11.8. The highest BCUT2D eigenvalue weighted by molar-refractivity contribution is 5.94. The van der Waals surface area contributed by atoms with Gasteiger partial charge in [0.15, 0.2) is 0 Å². The maximum absolute atomic E-state index is 13.1. The van der Waals surface area contributed by atoms with E-state index in [1.165, 1.54) is 18.3 Å². The lowest BCUT2D eigenvalue weighted by Gasteiger charge is -2.04. The Kier molecular flexibility index (Phi) is 5.42. The second-order valence-electron chi connectivity index (χ2n) is 3.38. The molecule has 0 radical (unpaired) electrons. The number of aliphatic hydroxyl groups is 1. The first-order valence-electron chi connectivity index (χ1n) is 5.25. The van der Waals surface area contributed by atoms with Gasteiger partial charge in [0.25, 0.3) is 5.91 Å². The highest BCUT2D eigenvalue weighted by atomic mass is 19.1. The van der Waals surface area contributed by atoms with E-state index in [0.29, 0.717) is 6.54 Å². The van der Waals surface area contributed by atoms with Gasteiger partial charge in [0.1, 0.15) is 0 Å². The smallest absolute Gasteiger partial charge is 0.255 e. The number of carbonyl (C=O) groups is 1. The van der Waals surface area contributed by atoms with E-state index in [1.54, 1.807) is 0 Å². The molecule has 5 heteroatoms. The average Bonchev–Trinajstić information content (AvgIpc) is 2.29. The molecule has 0 bridgehead atoms. The number of amides is 1. The number of aromatic nitrogens is 1. The third kappa shape index (κ3) is 3.94. The Morgan fingerprint density at radius 1 is 1.44 bits per heavy atom. The van der Waals surface area contributed by atoms with Gasteiger partial charge in [-0.05, 0) is 31.4 Å². The van der Waals surface area contributed by atoms with Crippen molar-refractivity contribution < 1.29 is 14.3 Å². The zero-order valence-corrected chi connectivity index (χ0v) is 8.95. The molecule has 2 N–H and O–H groups in total. The van der Waals surface area contributed by atoms with Crippen LogP contribution < -0.4 is 5.32 Å². The Bertz CT molecular complexity index is 345. The summed E-state index contributed by atoms with van der Waals surface area (Å²) in [5.41, 5.74) is -0.0374. The van der Waals surface area contributed by atoms with E-state index in [2.05, 4.69) is 10.3 Å². The monoisotopic (exact) mass is 226 g/mol. The summed E-state index contributed by atoms with van der Waals surface area (Å²) in [6.45, 7) is 0.637. The van der Waals surface area contributed by atoms with Gasteiger partial charge >= 0.3 is 0 Å². The summed E-state index contributed by atoms with van der Waals surface area (Å²) in [5.74, 6) is -1.20.